The van der Waals surface area contributed by atoms with Crippen LogP contribution in [0.25, 0.3) is 0 Å². The van der Waals surface area contributed by atoms with Crippen molar-refractivity contribution < 1.29 is 4.74 Å². The highest BCUT2D eigenvalue weighted by Gasteiger charge is 2.09. The van der Waals surface area contributed by atoms with Gasteiger partial charge in [0.2, 0.25) is 0 Å². The predicted molar refractivity (Wildman–Crippen MR) is 82.1 cm³/mol. The lowest BCUT2D eigenvalue weighted by Gasteiger charge is -2.16. The minimum absolute atomic E-state index is 0.946. The van der Waals surface area contributed by atoms with Crippen molar-refractivity contribution in [1.82, 2.24) is 10.6 Å². The van der Waals surface area contributed by atoms with E-state index in [9.17, 15) is 0 Å². The molecular formula is C16H28N2O. The molecule has 0 aliphatic rings. The zero-order valence-electron chi connectivity index (χ0n) is 13.0. The maximum atomic E-state index is 5.40. The normalized spacial score (nSPS) is 10.8. The van der Waals surface area contributed by atoms with E-state index in [2.05, 4.69) is 37.5 Å². The molecule has 0 radical (unpaired) electrons. The van der Waals surface area contributed by atoms with E-state index in [0.717, 1.165) is 25.4 Å². The summed E-state index contributed by atoms with van der Waals surface area (Å²) in [7, 11) is 3.74. The first-order chi connectivity index (χ1) is 9.11. The predicted octanol–water partition coefficient (Wildman–Crippen LogP) is 2.71. The number of aryl methyl sites for hydroxylation is 1. The number of benzene rings is 1. The van der Waals surface area contributed by atoms with Crippen LogP contribution in [0.15, 0.2) is 6.07 Å². The molecule has 0 atom stereocenters. The highest BCUT2D eigenvalue weighted by atomic mass is 16.5. The highest BCUT2D eigenvalue weighted by Crippen LogP contribution is 2.27. The van der Waals surface area contributed by atoms with E-state index < -0.39 is 0 Å². The summed E-state index contributed by atoms with van der Waals surface area (Å²) in [5.74, 6) is 0.993. The molecule has 0 unspecified atom stereocenters. The van der Waals surface area contributed by atoms with Crippen molar-refractivity contribution in [3.8, 4) is 5.75 Å². The molecule has 0 aliphatic heterocycles. The van der Waals surface area contributed by atoms with Crippen LogP contribution in [-0.2, 0) is 6.54 Å². The molecule has 0 bridgehead atoms. The Balaban J connectivity index is 2.56. The summed E-state index contributed by atoms with van der Waals surface area (Å²) in [6.45, 7) is 9.59. The topological polar surface area (TPSA) is 33.3 Å². The van der Waals surface area contributed by atoms with Gasteiger partial charge in [0, 0.05) is 6.54 Å². The molecule has 0 heterocycles. The number of rotatable bonds is 8. The van der Waals surface area contributed by atoms with E-state index in [1.807, 2.05) is 7.05 Å². The van der Waals surface area contributed by atoms with Gasteiger partial charge in [0.05, 0.1) is 7.11 Å². The first-order valence-corrected chi connectivity index (χ1v) is 7.10. The van der Waals surface area contributed by atoms with E-state index in [1.165, 1.54) is 35.1 Å². The number of ether oxygens (including phenoxy) is 1. The summed E-state index contributed by atoms with van der Waals surface area (Å²) in [5, 5.41) is 6.71. The number of nitrogens with one attached hydrogen (secondary N) is 2. The SMILES string of the molecule is CNCCCCNCc1c(C)cc(OC)c(C)c1C. The van der Waals surface area contributed by atoms with Crippen molar-refractivity contribution in [2.24, 2.45) is 0 Å². The van der Waals surface area contributed by atoms with Crippen LogP contribution in [0.4, 0.5) is 0 Å². The van der Waals surface area contributed by atoms with Gasteiger partial charge in [-0.1, -0.05) is 0 Å². The number of hydrogen-bond acceptors (Lipinski definition) is 3. The standard InChI is InChI=1S/C16H28N2O/c1-12-10-16(19-5)14(3)13(2)15(12)11-18-9-7-6-8-17-4/h10,17-18H,6-9,11H2,1-5H3. The summed E-state index contributed by atoms with van der Waals surface area (Å²) in [6, 6.07) is 2.14. The maximum absolute atomic E-state index is 5.40. The van der Waals surface area contributed by atoms with Crippen LogP contribution in [0.5, 0.6) is 5.75 Å². The Kier molecular flexibility index (Phi) is 6.89. The number of unbranched alkanes of at least 4 members (excludes halogenated alkanes) is 1. The van der Waals surface area contributed by atoms with Crippen molar-refractivity contribution >= 4 is 0 Å². The molecule has 0 aliphatic carbocycles. The lowest BCUT2D eigenvalue weighted by molar-refractivity contribution is 0.410. The number of hydrogen-bond donors (Lipinski definition) is 2. The van der Waals surface area contributed by atoms with Crippen LogP contribution in [0.1, 0.15) is 35.1 Å². The third-order valence-electron chi connectivity index (χ3n) is 3.76. The first-order valence-electron chi connectivity index (χ1n) is 7.10. The molecule has 0 saturated carbocycles. The highest BCUT2D eigenvalue weighted by molar-refractivity contribution is 5.48. The van der Waals surface area contributed by atoms with Gasteiger partial charge in [-0.15, -0.1) is 0 Å². The molecule has 0 amide bonds. The summed E-state index contributed by atoms with van der Waals surface area (Å²) >= 11 is 0. The van der Waals surface area contributed by atoms with Crippen molar-refractivity contribution in [2.45, 2.75) is 40.2 Å². The zero-order chi connectivity index (χ0) is 14.3. The summed E-state index contributed by atoms with van der Waals surface area (Å²) in [4.78, 5) is 0. The average Bonchev–Trinajstić information content (AvgIpc) is 2.41. The van der Waals surface area contributed by atoms with Crippen LogP contribution >= 0.6 is 0 Å². The minimum Gasteiger partial charge on any atom is -0.496 e. The molecule has 2 N–H and O–H groups in total. The Bertz CT molecular complexity index is 402. The van der Waals surface area contributed by atoms with Gasteiger partial charge < -0.3 is 15.4 Å². The third-order valence-corrected chi connectivity index (χ3v) is 3.76. The second-order valence-corrected chi connectivity index (χ2v) is 5.11. The van der Waals surface area contributed by atoms with Crippen molar-refractivity contribution in [2.75, 3.05) is 27.2 Å². The summed E-state index contributed by atoms with van der Waals surface area (Å²) in [5.41, 5.74) is 5.31. The molecule has 0 saturated heterocycles. The Morgan fingerprint density at radius 2 is 1.74 bits per heavy atom. The fourth-order valence-corrected chi connectivity index (χ4v) is 2.35. The third kappa shape index (κ3) is 4.51. The van der Waals surface area contributed by atoms with Gasteiger partial charge in [0.1, 0.15) is 5.75 Å². The average molecular weight is 264 g/mol. The summed E-state index contributed by atoms with van der Waals surface area (Å²) in [6.07, 6.45) is 2.44. The Morgan fingerprint density at radius 1 is 1.05 bits per heavy atom. The molecule has 1 aromatic carbocycles. The van der Waals surface area contributed by atoms with Crippen molar-refractivity contribution in [3.05, 3.63) is 28.3 Å². The summed E-state index contributed by atoms with van der Waals surface area (Å²) < 4.78 is 5.40. The second-order valence-electron chi connectivity index (χ2n) is 5.11. The van der Waals surface area contributed by atoms with E-state index >= 15 is 0 Å². The van der Waals surface area contributed by atoms with Gasteiger partial charge in [-0.05, 0) is 82.1 Å². The first kappa shape index (κ1) is 16.0. The molecule has 3 nitrogen and oxygen atoms in total. The van der Waals surface area contributed by atoms with Gasteiger partial charge in [0.25, 0.3) is 0 Å². The monoisotopic (exact) mass is 264 g/mol. The molecule has 19 heavy (non-hydrogen) atoms. The van der Waals surface area contributed by atoms with Crippen LogP contribution in [0.2, 0.25) is 0 Å². The zero-order valence-corrected chi connectivity index (χ0v) is 13.0. The molecular weight excluding hydrogens is 236 g/mol. The smallest absolute Gasteiger partial charge is 0.122 e. The molecule has 1 aromatic rings. The molecule has 108 valence electrons. The Labute approximate surface area is 117 Å². The van der Waals surface area contributed by atoms with E-state index in [-0.39, 0.29) is 0 Å². The van der Waals surface area contributed by atoms with Crippen molar-refractivity contribution in [3.63, 3.8) is 0 Å². The van der Waals surface area contributed by atoms with Gasteiger partial charge in [-0.3, -0.25) is 0 Å². The molecule has 3 heteroatoms. The van der Waals surface area contributed by atoms with Gasteiger partial charge in [0.15, 0.2) is 0 Å². The lowest BCUT2D eigenvalue weighted by atomic mass is 9.97. The van der Waals surface area contributed by atoms with Crippen LogP contribution < -0.4 is 15.4 Å². The van der Waals surface area contributed by atoms with Gasteiger partial charge in [-0.25, -0.2) is 0 Å². The fourth-order valence-electron chi connectivity index (χ4n) is 2.35. The maximum Gasteiger partial charge on any atom is 0.122 e. The second kappa shape index (κ2) is 8.18. The molecule has 0 fully saturated rings. The molecule has 1 rings (SSSR count). The quantitative estimate of drug-likeness (QED) is 0.708. The molecule has 0 aromatic heterocycles. The fraction of sp³-hybridized carbons (Fsp3) is 0.625. The van der Waals surface area contributed by atoms with Crippen LogP contribution in [-0.4, -0.2) is 27.2 Å². The Hall–Kier alpha value is -1.06. The molecule has 0 spiro atoms. The minimum atomic E-state index is 0.946. The van der Waals surface area contributed by atoms with Crippen molar-refractivity contribution in [1.29, 1.82) is 0 Å². The lowest BCUT2D eigenvalue weighted by Crippen LogP contribution is -2.18. The van der Waals surface area contributed by atoms with E-state index in [0.29, 0.717) is 0 Å². The van der Waals surface area contributed by atoms with E-state index in [4.69, 9.17) is 4.74 Å². The van der Waals surface area contributed by atoms with Gasteiger partial charge in [-0.2, -0.15) is 0 Å². The van der Waals surface area contributed by atoms with Gasteiger partial charge >= 0.3 is 0 Å². The van der Waals surface area contributed by atoms with E-state index in [1.54, 1.807) is 7.11 Å². The largest absolute Gasteiger partial charge is 0.496 e. The Morgan fingerprint density at radius 3 is 2.37 bits per heavy atom. The number of methoxy groups -OCH3 is 1. The van der Waals surface area contributed by atoms with Crippen LogP contribution in [0.3, 0.4) is 0 Å². The van der Waals surface area contributed by atoms with Crippen LogP contribution in [0, 0.1) is 20.8 Å².